The lowest BCUT2D eigenvalue weighted by molar-refractivity contribution is -0.135. The van der Waals surface area contributed by atoms with Crippen LogP contribution >= 0.6 is 0 Å². The Balaban J connectivity index is 1.45. The number of amides is 1. The van der Waals surface area contributed by atoms with Crippen molar-refractivity contribution in [2.24, 2.45) is 5.92 Å². The van der Waals surface area contributed by atoms with Gasteiger partial charge in [0.2, 0.25) is 5.91 Å². The number of nitrogens with zero attached hydrogens (tertiary/aromatic N) is 3. The fraction of sp³-hybridized carbons (Fsp3) is 0.579. The van der Waals surface area contributed by atoms with E-state index in [4.69, 9.17) is 4.42 Å². The summed E-state index contributed by atoms with van der Waals surface area (Å²) in [5.41, 5.74) is 1.14. The minimum atomic E-state index is -0.501. The average molecular weight is 359 g/mol. The fourth-order valence-electron chi connectivity index (χ4n) is 3.81. The molecule has 2 aromatic rings. The molecule has 1 aromatic carbocycles. The van der Waals surface area contributed by atoms with Gasteiger partial charge in [0, 0.05) is 38.8 Å². The zero-order valence-electron chi connectivity index (χ0n) is 14.8. The zero-order valence-corrected chi connectivity index (χ0v) is 14.8. The molecule has 0 radical (unpaired) electrons. The summed E-state index contributed by atoms with van der Waals surface area (Å²) in [6, 6.07) is 7.33. The number of piperazine rings is 1. The predicted molar refractivity (Wildman–Crippen MR) is 96.8 cm³/mol. The Morgan fingerprint density at radius 1 is 1.23 bits per heavy atom. The smallest absolute Gasteiger partial charge is 0.408 e. The van der Waals surface area contributed by atoms with Gasteiger partial charge in [0.1, 0.15) is 6.54 Å². The third-order valence-corrected chi connectivity index (χ3v) is 5.48. The number of para-hydroxylation sites is 2. The Labute approximate surface area is 151 Å². The van der Waals surface area contributed by atoms with Crippen molar-refractivity contribution in [3.05, 3.63) is 34.8 Å². The lowest BCUT2D eigenvalue weighted by Crippen LogP contribution is -2.56. The quantitative estimate of drug-likeness (QED) is 0.829. The predicted octanol–water partition coefficient (Wildman–Crippen LogP) is 0.900. The van der Waals surface area contributed by atoms with Crippen LogP contribution in [0.2, 0.25) is 0 Å². The van der Waals surface area contributed by atoms with Crippen molar-refractivity contribution in [1.29, 1.82) is 0 Å². The number of carbonyl (C=O) groups is 1. The second-order valence-corrected chi connectivity index (χ2v) is 7.37. The highest BCUT2D eigenvalue weighted by Crippen LogP contribution is 2.31. The summed E-state index contributed by atoms with van der Waals surface area (Å²) in [7, 11) is 0. The summed E-state index contributed by atoms with van der Waals surface area (Å²) in [6.45, 7) is 3.28. The lowest BCUT2D eigenvalue weighted by atomic mass is 10.1. The van der Waals surface area contributed by atoms with Crippen LogP contribution in [-0.4, -0.2) is 64.2 Å². The molecular weight excluding hydrogens is 334 g/mol. The summed E-state index contributed by atoms with van der Waals surface area (Å²) in [4.78, 5) is 29.1. The van der Waals surface area contributed by atoms with Crippen LogP contribution in [0.3, 0.4) is 0 Å². The van der Waals surface area contributed by atoms with Crippen molar-refractivity contribution >= 4 is 17.0 Å². The average Bonchev–Trinajstić information content (AvgIpc) is 3.40. The van der Waals surface area contributed by atoms with E-state index in [-0.39, 0.29) is 25.1 Å². The zero-order chi connectivity index (χ0) is 18.1. The van der Waals surface area contributed by atoms with Crippen LogP contribution in [0.25, 0.3) is 11.1 Å². The van der Waals surface area contributed by atoms with Crippen LogP contribution in [0.15, 0.2) is 33.5 Å². The maximum Gasteiger partial charge on any atom is 0.420 e. The number of carbonyl (C=O) groups excluding carboxylic acids is 1. The molecule has 1 N–H and O–H groups in total. The first-order chi connectivity index (χ1) is 12.7. The van der Waals surface area contributed by atoms with Crippen molar-refractivity contribution in [1.82, 2.24) is 14.4 Å². The molecule has 140 valence electrons. The summed E-state index contributed by atoms with van der Waals surface area (Å²) >= 11 is 0. The Kier molecular flexibility index (Phi) is 4.82. The van der Waals surface area contributed by atoms with Gasteiger partial charge >= 0.3 is 5.76 Å². The molecule has 7 heteroatoms. The van der Waals surface area contributed by atoms with E-state index in [0.717, 1.165) is 19.0 Å². The Morgan fingerprint density at radius 3 is 2.81 bits per heavy atom. The van der Waals surface area contributed by atoms with Crippen LogP contribution in [0.4, 0.5) is 0 Å². The molecule has 1 amide bonds. The van der Waals surface area contributed by atoms with Crippen LogP contribution in [0, 0.1) is 5.92 Å². The normalized spacial score (nSPS) is 21.4. The number of rotatable bonds is 6. The van der Waals surface area contributed by atoms with Gasteiger partial charge in [0.25, 0.3) is 0 Å². The van der Waals surface area contributed by atoms with E-state index >= 15 is 0 Å². The maximum atomic E-state index is 12.8. The highest BCUT2D eigenvalue weighted by Gasteiger charge is 2.33. The van der Waals surface area contributed by atoms with Gasteiger partial charge in [-0.25, -0.2) is 4.79 Å². The third kappa shape index (κ3) is 3.54. The highest BCUT2D eigenvalue weighted by atomic mass is 16.4. The molecule has 1 unspecified atom stereocenters. The minimum absolute atomic E-state index is 0.00961. The van der Waals surface area contributed by atoms with E-state index < -0.39 is 5.76 Å². The summed E-state index contributed by atoms with van der Waals surface area (Å²) in [5.74, 6) is 0.209. The molecule has 1 atom stereocenters. The van der Waals surface area contributed by atoms with Gasteiger partial charge in [0.05, 0.1) is 5.52 Å². The van der Waals surface area contributed by atoms with Gasteiger partial charge in [0.15, 0.2) is 5.58 Å². The Morgan fingerprint density at radius 2 is 2.04 bits per heavy atom. The number of oxazole rings is 1. The van der Waals surface area contributed by atoms with Gasteiger partial charge in [-0.15, -0.1) is 0 Å². The number of aliphatic hydroxyl groups is 1. The first kappa shape index (κ1) is 17.3. The molecule has 1 saturated carbocycles. The molecule has 2 heterocycles. The second kappa shape index (κ2) is 7.25. The van der Waals surface area contributed by atoms with E-state index in [2.05, 4.69) is 4.90 Å². The molecular formula is C19H25N3O4. The molecule has 1 aliphatic heterocycles. The van der Waals surface area contributed by atoms with Gasteiger partial charge in [-0.05, 0) is 37.3 Å². The number of benzene rings is 1. The van der Waals surface area contributed by atoms with Crippen molar-refractivity contribution in [2.75, 3.05) is 32.8 Å². The van der Waals surface area contributed by atoms with E-state index in [0.29, 0.717) is 30.6 Å². The Hall–Kier alpha value is -2.12. The first-order valence-corrected chi connectivity index (χ1v) is 9.37. The van der Waals surface area contributed by atoms with Crippen molar-refractivity contribution < 1.29 is 14.3 Å². The van der Waals surface area contributed by atoms with Gasteiger partial charge in [-0.2, -0.15) is 0 Å². The molecule has 0 spiro atoms. The maximum absolute atomic E-state index is 12.8. The van der Waals surface area contributed by atoms with Crippen molar-refractivity contribution in [3.63, 3.8) is 0 Å². The monoisotopic (exact) mass is 359 g/mol. The standard InChI is InChI=1S/C19H25N3O4/c23-10-7-15-12-21(9-8-20(15)11-14-5-6-14)18(24)13-22-16-3-1-2-4-17(16)26-19(22)25/h1-4,14-15,23H,5-13H2. The fourth-order valence-corrected chi connectivity index (χ4v) is 3.81. The molecule has 7 nitrogen and oxygen atoms in total. The first-order valence-electron chi connectivity index (χ1n) is 9.37. The van der Waals surface area contributed by atoms with E-state index in [9.17, 15) is 14.7 Å². The number of fused-ring (bicyclic) bond motifs is 1. The highest BCUT2D eigenvalue weighted by molar-refractivity contribution is 5.79. The van der Waals surface area contributed by atoms with Gasteiger partial charge in [-0.3, -0.25) is 14.3 Å². The largest absolute Gasteiger partial charge is 0.420 e. The molecule has 1 aliphatic carbocycles. The summed E-state index contributed by atoms with van der Waals surface area (Å²) < 4.78 is 6.61. The molecule has 2 aliphatic rings. The molecule has 26 heavy (non-hydrogen) atoms. The van der Waals surface area contributed by atoms with Crippen molar-refractivity contribution in [3.8, 4) is 0 Å². The number of hydrogen-bond donors (Lipinski definition) is 1. The molecule has 1 saturated heterocycles. The third-order valence-electron chi connectivity index (χ3n) is 5.48. The number of aliphatic hydroxyl groups excluding tert-OH is 1. The summed E-state index contributed by atoms with van der Waals surface area (Å²) in [5, 5.41) is 9.39. The SMILES string of the molecule is O=C(Cn1c(=O)oc2ccccc21)N1CCN(CC2CC2)C(CCO)C1. The molecule has 4 rings (SSSR count). The number of hydrogen-bond acceptors (Lipinski definition) is 5. The topological polar surface area (TPSA) is 78.9 Å². The van der Waals surface area contributed by atoms with Gasteiger partial charge in [-0.1, -0.05) is 12.1 Å². The van der Waals surface area contributed by atoms with Gasteiger partial charge < -0.3 is 14.4 Å². The van der Waals surface area contributed by atoms with Crippen LogP contribution in [0.1, 0.15) is 19.3 Å². The Bertz CT molecular complexity index is 839. The molecule has 0 bridgehead atoms. The minimum Gasteiger partial charge on any atom is -0.408 e. The number of aromatic nitrogens is 1. The van der Waals surface area contributed by atoms with Crippen molar-refractivity contribution in [2.45, 2.75) is 31.8 Å². The lowest BCUT2D eigenvalue weighted by Gasteiger charge is -2.41. The molecule has 1 aromatic heterocycles. The van der Waals surface area contributed by atoms with Crippen LogP contribution in [0.5, 0.6) is 0 Å². The summed E-state index contributed by atoms with van der Waals surface area (Å²) in [6.07, 6.45) is 3.26. The van der Waals surface area contributed by atoms with E-state index in [1.807, 2.05) is 11.0 Å². The second-order valence-electron chi connectivity index (χ2n) is 7.37. The van der Waals surface area contributed by atoms with Crippen LogP contribution in [-0.2, 0) is 11.3 Å². The van der Waals surface area contributed by atoms with E-state index in [1.165, 1.54) is 17.4 Å². The molecule has 2 fully saturated rings. The van der Waals surface area contributed by atoms with E-state index in [1.54, 1.807) is 18.2 Å². The van der Waals surface area contributed by atoms with Crippen LogP contribution < -0.4 is 5.76 Å².